The van der Waals surface area contributed by atoms with Crippen molar-refractivity contribution in [3.05, 3.63) is 42.5 Å². The Labute approximate surface area is 106 Å². The van der Waals surface area contributed by atoms with E-state index in [1.165, 1.54) is 4.90 Å². The zero-order valence-electron chi connectivity index (χ0n) is 9.81. The molecule has 0 aliphatic carbocycles. The third kappa shape index (κ3) is 2.56. The Bertz CT molecular complexity index is 523. The summed E-state index contributed by atoms with van der Waals surface area (Å²) in [7, 11) is 0. The van der Waals surface area contributed by atoms with Gasteiger partial charge in [-0.3, -0.25) is 0 Å². The summed E-state index contributed by atoms with van der Waals surface area (Å²) in [5.74, 6) is 1.02. The normalized spacial score (nSPS) is 10.4. The molecule has 0 unspecified atom stereocenters. The molecule has 2 rings (SSSR count). The first-order chi connectivity index (χ1) is 8.22. The topological polar surface area (TPSA) is 52.0 Å². The standard InChI is InChI=1S/C14H16N2S/c1-2-17-14-9-10(15)7-8-12(14)11-5-3-4-6-13(11)16/h3-9H,2,15-16H2,1H3. The van der Waals surface area contributed by atoms with Crippen LogP contribution in [0.5, 0.6) is 0 Å². The molecule has 0 saturated carbocycles. The van der Waals surface area contributed by atoms with E-state index in [0.717, 1.165) is 28.3 Å². The Morgan fingerprint density at radius 1 is 1.00 bits per heavy atom. The molecule has 0 spiro atoms. The van der Waals surface area contributed by atoms with E-state index in [2.05, 4.69) is 6.92 Å². The minimum absolute atomic E-state index is 0.791. The lowest BCUT2D eigenvalue weighted by Gasteiger charge is -2.11. The van der Waals surface area contributed by atoms with Crippen LogP contribution in [0.1, 0.15) is 6.92 Å². The molecule has 0 aromatic heterocycles. The second-order valence-corrected chi connectivity index (χ2v) is 5.08. The zero-order chi connectivity index (χ0) is 12.3. The molecule has 2 nitrogen and oxygen atoms in total. The lowest BCUT2D eigenvalue weighted by atomic mass is 10.0. The summed E-state index contributed by atoms with van der Waals surface area (Å²) in [5, 5.41) is 0. The van der Waals surface area contributed by atoms with Crippen LogP contribution < -0.4 is 11.5 Å². The van der Waals surface area contributed by atoms with Gasteiger partial charge in [-0.25, -0.2) is 0 Å². The first-order valence-corrected chi connectivity index (χ1v) is 6.58. The average Bonchev–Trinajstić information content (AvgIpc) is 2.31. The van der Waals surface area contributed by atoms with Crippen molar-refractivity contribution in [3.8, 4) is 11.1 Å². The van der Waals surface area contributed by atoms with Crippen molar-refractivity contribution in [3.63, 3.8) is 0 Å². The van der Waals surface area contributed by atoms with Gasteiger partial charge < -0.3 is 11.5 Å². The number of thioether (sulfide) groups is 1. The van der Waals surface area contributed by atoms with E-state index in [4.69, 9.17) is 11.5 Å². The molecule has 0 bridgehead atoms. The first kappa shape index (κ1) is 11.9. The summed E-state index contributed by atoms with van der Waals surface area (Å²) < 4.78 is 0. The molecular formula is C14H16N2S. The molecule has 0 fully saturated rings. The summed E-state index contributed by atoms with van der Waals surface area (Å²) in [6.07, 6.45) is 0. The smallest absolute Gasteiger partial charge is 0.0394 e. The fourth-order valence-electron chi connectivity index (χ4n) is 1.78. The largest absolute Gasteiger partial charge is 0.399 e. The molecule has 0 radical (unpaired) electrons. The van der Waals surface area contributed by atoms with Gasteiger partial charge in [0.1, 0.15) is 0 Å². The Morgan fingerprint density at radius 3 is 2.47 bits per heavy atom. The fraction of sp³-hybridized carbons (Fsp3) is 0.143. The van der Waals surface area contributed by atoms with Crippen LogP contribution in [0, 0.1) is 0 Å². The van der Waals surface area contributed by atoms with Crippen LogP contribution in [0.2, 0.25) is 0 Å². The van der Waals surface area contributed by atoms with E-state index in [0.29, 0.717) is 0 Å². The number of para-hydroxylation sites is 1. The summed E-state index contributed by atoms with van der Waals surface area (Å²) in [6.45, 7) is 2.13. The lowest BCUT2D eigenvalue weighted by molar-refractivity contribution is 1.42. The maximum atomic E-state index is 6.02. The molecule has 0 saturated heterocycles. The Morgan fingerprint density at radius 2 is 1.76 bits per heavy atom. The summed E-state index contributed by atoms with van der Waals surface area (Å²) in [6, 6.07) is 13.9. The summed E-state index contributed by atoms with van der Waals surface area (Å²) in [5.41, 5.74) is 15.7. The van der Waals surface area contributed by atoms with Crippen molar-refractivity contribution in [2.75, 3.05) is 17.2 Å². The third-order valence-corrected chi connectivity index (χ3v) is 3.49. The maximum absolute atomic E-state index is 6.02. The SMILES string of the molecule is CCSc1cc(N)ccc1-c1ccccc1N. The van der Waals surface area contributed by atoms with Gasteiger partial charge in [0.2, 0.25) is 0 Å². The van der Waals surface area contributed by atoms with Gasteiger partial charge in [-0.2, -0.15) is 0 Å². The molecule has 88 valence electrons. The van der Waals surface area contributed by atoms with Crippen LogP contribution >= 0.6 is 11.8 Å². The Balaban J connectivity index is 2.55. The molecule has 4 N–H and O–H groups in total. The molecule has 0 amide bonds. The van der Waals surface area contributed by atoms with Gasteiger partial charge in [0.05, 0.1) is 0 Å². The first-order valence-electron chi connectivity index (χ1n) is 5.59. The zero-order valence-corrected chi connectivity index (χ0v) is 10.6. The summed E-state index contributed by atoms with van der Waals surface area (Å²) >= 11 is 1.78. The van der Waals surface area contributed by atoms with Crippen molar-refractivity contribution in [1.82, 2.24) is 0 Å². The van der Waals surface area contributed by atoms with E-state index in [1.54, 1.807) is 11.8 Å². The minimum Gasteiger partial charge on any atom is -0.399 e. The van der Waals surface area contributed by atoms with E-state index in [1.807, 2.05) is 42.5 Å². The third-order valence-electron chi connectivity index (χ3n) is 2.56. The van der Waals surface area contributed by atoms with E-state index in [9.17, 15) is 0 Å². The second kappa shape index (κ2) is 5.15. The van der Waals surface area contributed by atoms with Crippen molar-refractivity contribution >= 4 is 23.1 Å². The number of hydrogen-bond acceptors (Lipinski definition) is 3. The summed E-state index contributed by atoms with van der Waals surface area (Å²) in [4.78, 5) is 1.19. The van der Waals surface area contributed by atoms with Crippen LogP contribution in [0.3, 0.4) is 0 Å². The van der Waals surface area contributed by atoms with Gasteiger partial charge in [-0.1, -0.05) is 31.2 Å². The monoisotopic (exact) mass is 244 g/mol. The predicted octanol–water partition coefficient (Wildman–Crippen LogP) is 3.63. The highest BCUT2D eigenvalue weighted by Gasteiger charge is 2.08. The minimum atomic E-state index is 0.791. The molecule has 17 heavy (non-hydrogen) atoms. The number of nitrogens with two attached hydrogens (primary N) is 2. The molecular weight excluding hydrogens is 228 g/mol. The van der Waals surface area contributed by atoms with Crippen LogP contribution in [0.15, 0.2) is 47.4 Å². The Kier molecular flexibility index (Phi) is 3.59. The molecule has 0 atom stereocenters. The molecule has 0 heterocycles. The number of rotatable bonds is 3. The molecule has 0 aliphatic heterocycles. The van der Waals surface area contributed by atoms with E-state index < -0.39 is 0 Å². The van der Waals surface area contributed by atoms with E-state index in [-0.39, 0.29) is 0 Å². The highest BCUT2D eigenvalue weighted by Crippen LogP contribution is 2.35. The maximum Gasteiger partial charge on any atom is 0.0394 e. The van der Waals surface area contributed by atoms with Gasteiger partial charge in [0.25, 0.3) is 0 Å². The number of nitrogen functional groups attached to an aromatic ring is 2. The van der Waals surface area contributed by atoms with E-state index >= 15 is 0 Å². The Hall–Kier alpha value is -1.61. The molecule has 2 aromatic rings. The highest BCUT2D eigenvalue weighted by atomic mass is 32.2. The molecule has 3 heteroatoms. The van der Waals surface area contributed by atoms with Gasteiger partial charge in [0, 0.05) is 21.8 Å². The van der Waals surface area contributed by atoms with Crippen LogP contribution in [-0.4, -0.2) is 5.75 Å². The van der Waals surface area contributed by atoms with Crippen LogP contribution in [0.4, 0.5) is 11.4 Å². The van der Waals surface area contributed by atoms with Crippen molar-refractivity contribution in [1.29, 1.82) is 0 Å². The van der Waals surface area contributed by atoms with Gasteiger partial charge in [-0.15, -0.1) is 11.8 Å². The number of anilines is 2. The van der Waals surface area contributed by atoms with Crippen molar-refractivity contribution < 1.29 is 0 Å². The average molecular weight is 244 g/mol. The quantitative estimate of drug-likeness (QED) is 0.640. The van der Waals surface area contributed by atoms with Crippen molar-refractivity contribution in [2.24, 2.45) is 0 Å². The lowest BCUT2D eigenvalue weighted by Crippen LogP contribution is -1.93. The fourth-order valence-corrected chi connectivity index (χ4v) is 2.64. The van der Waals surface area contributed by atoms with Gasteiger partial charge in [0.15, 0.2) is 0 Å². The number of hydrogen-bond donors (Lipinski definition) is 2. The van der Waals surface area contributed by atoms with Gasteiger partial charge >= 0.3 is 0 Å². The van der Waals surface area contributed by atoms with Gasteiger partial charge in [-0.05, 0) is 29.5 Å². The van der Waals surface area contributed by atoms with Crippen LogP contribution in [-0.2, 0) is 0 Å². The van der Waals surface area contributed by atoms with Crippen molar-refractivity contribution in [2.45, 2.75) is 11.8 Å². The highest BCUT2D eigenvalue weighted by molar-refractivity contribution is 7.99. The predicted molar refractivity (Wildman–Crippen MR) is 77.1 cm³/mol. The molecule has 2 aromatic carbocycles. The number of benzene rings is 2. The van der Waals surface area contributed by atoms with Crippen LogP contribution in [0.25, 0.3) is 11.1 Å². The molecule has 0 aliphatic rings. The second-order valence-electron chi connectivity index (χ2n) is 3.78.